The number of nitrogens with zero attached hydrogens (tertiary/aromatic N) is 2. The number of ether oxygens (including phenoxy) is 3. The topological polar surface area (TPSA) is 88.5 Å². The minimum Gasteiger partial charge on any atom is -0.481 e. The van der Waals surface area contributed by atoms with Crippen LogP contribution in [0, 0.1) is 5.92 Å². The van der Waals surface area contributed by atoms with Crippen LogP contribution in [0.1, 0.15) is 56.6 Å². The quantitative estimate of drug-likeness (QED) is 0.388. The highest BCUT2D eigenvalue weighted by atomic mass is 16.7. The van der Waals surface area contributed by atoms with Gasteiger partial charge in [-0.2, -0.15) is 0 Å². The van der Waals surface area contributed by atoms with Gasteiger partial charge in [-0.1, -0.05) is 63.1 Å². The minimum atomic E-state index is -0.884. The Bertz CT molecular complexity index is 1050. The van der Waals surface area contributed by atoms with Crippen LogP contribution in [0.3, 0.4) is 0 Å². The first-order chi connectivity index (χ1) is 18.5. The molecule has 1 N–H and O–H groups in total. The Hall–Kier alpha value is -3.10. The number of fused-ring (bicyclic) bond motifs is 1. The van der Waals surface area contributed by atoms with E-state index in [1.54, 1.807) is 0 Å². The minimum absolute atomic E-state index is 0.0513. The maximum absolute atomic E-state index is 13.5. The Morgan fingerprint density at radius 3 is 2.42 bits per heavy atom. The average molecular weight is 525 g/mol. The number of aliphatic carboxylic acids is 1. The third-order valence-electron chi connectivity index (χ3n) is 7.51. The van der Waals surface area contributed by atoms with E-state index in [1.807, 2.05) is 58.3 Å². The van der Waals surface area contributed by atoms with E-state index in [-0.39, 0.29) is 31.8 Å². The first-order valence-corrected chi connectivity index (χ1v) is 13.8. The summed E-state index contributed by atoms with van der Waals surface area (Å²) in [6.07, 6.45) is 3.94. The summed E-state index contributed by atoms with van der Waals surface area (Å²) in [5.74, 6) is -0.571. The Morgan fingerprint density at radius 2 is 1.74 bits per heavy atom. The molecule has 1 fully saturated rings. The number of carbonyl (C=O) groups is 2. The normalized spacial score (nSPS) is 20.5. The van der Waals surface area contributed by atoms with Gasteiger partial charge < -0.3 is 24.2 Å². The number of hydrogen-bond acceptors (Lipinski definition) is 6. The van der Waals surface area contributed by atoms with Gasteiger partial charge in [0.1, 0.15) is 0 Å². The third-order valence-corrected chi connectivity index (χ3v) is 7.51. The second-order valence-corrected chi connectivity index (χ2v) is 10.2. The lowest BCUT2D eigenvalue weighted by molar-refractivity contribution is -0.144. The lowest BCUT2D eigenvalue weighted by Crippen LogP contribution is -2.46. The smallest absolute Gasteiger partial charge is 0.308 e. The Labute approximate surface area is 225 Å². The average Bonchev–Trinajstić information content (AvgIpc) is 3.53. The van der Waals surface area contributed by atoms with Crippen LogP contribution >= 0.6 is 0 Å². The third kappa shape index (κ3) is 6.85. The zero-order chi connectivity index (χ0) is 26.9. The SMILES string of the molecule is CCCCN(CCCC)C(=O)CN1C[C@H](c2ccc3c(c2)OCO3)[C@H](C(=O)O)[C@H]1COCc1ccccc1. The molecule has 3 atom stereocenters. The molecule has 2 aliphatic heterocycles. The summed E-state index contributed by atoms with van der Waals surface area (Å²) in [5, 5.41) is 10.4. The van der Waals surface area contributed by atoms with E-state index in [4.69, 9.17) is 14.2 Å². The van der Waals surface area contributed by atoms with E-state index in [9.17, 15) is 14.7 Å². The molecule has 4 rings (SSSR count). The number of rotatable bonds is 14. The molecular weight excluding hydrogens is 484 g/mol. The molecule has 0 spiro atoms. The summed E-state index contributed by atoms with van der Waals surface area (Å²) in [4.78, 5) is 30.1. The fourth-order valence-electron chi connectivity index (χ4n) is 5.39. The van der Waals surface area contributed by atoms with Gasteiger partial charge in [0.05, 0.1) is 25.7 Å². The molecule has 38 heavy (non-hydrogen) atoms. The van der Waals surface area contributed by atoms with Crippen LogP contribution < -0.4 is 9.47 Å². The van der Waals surface area contributed by atoms with Crippen LogP contribution in [-0.2, 0) is 20.9 Å². The zero-order valence-electron chi connectivity index (χ0n) is 22.5. The van der Waals surface area contributed by atoms with Crippen molar-refractivity contribution >= 4 is 11.9 Å². The fraction of sp³-hybridized carbons (Fsp3) is 0.533. The van der Waals surface area contributed by atoms with Crippen LogP contribution in [0.5, 0.6) is 11.5 Å². The van der Waals surface area contributed by atoms with E-state index >= 15 is 0 Å². The van der Waals surface area contributed by atoms with Crippen molar-refractivity contribution in [1.29, 1.82) is 0 Å². The number of unbranched alkanes of at least 4 members (excludes halogenated alkanes) is 2. The summed E-state index contributed by atoms with van der Waals surface area (Å²) in [6, 6.07) is 15.0. The molecule has 2 heterocycles. The lowest BCUT2D eigenvalue weighted by Gasteiger charge is -2.29. The molecule has 2 aromatic carbocycles. The lowest BCUT2D eigenvalue weighted by atomic mass is 9.85. The summed E-state index contributed by atoms with van der Waals surface area (Å²) in [5.41, 5.74) is 1.90. The second-order valence-electron chi connectivity index (χ2n) is 10.2. The maximum Gasteiger partial charge on any atom is 0.308 e. The van der Waals surface area contributed by atoms with Gasteiger partial charge in [0, 0.05) is 31.6 Å². The predicted octanol–water partition coefficient (Wildman–Crippen LogP) is 4.53. The number of carbonyl (C=O) groups excluding carboxylic acids is 1. The van der Waals surface area contributed by atoms with Crippen molar-refractivity contribution in [3.05, 3.63) is 59.7 Å². The molecule has 0 saturated carbocycles. The van der Waals surface area contributed by atoms with Crippen molar-refractivity contribution in [2.75, 3.05) is 39.6 Å². The molecule has 0 radical (unpaired) electrons. The van der Waals surface area contributed by atoms with Gasteiger partial charge in [-0.3, -0.25) is 14.5 Å². The van der Waals surface area contributed by atoms with Crippen LogP contribution in [0.2, 0.25) is 0 Å². The molecule has 206 valence electrons. The van der Waals surface area contributed by atoms with Crippen LogP contribution in [0.25, 0.3) is 0 Å². The molecule has 0 bridgehead atoms. The Balaban J connectivity index is 1.55. The molecular formula is C30H40N2O6. The van der Waals surface area contributed by atoms with Crippen molar-refractivity contribution in [2.24, 2.45) is 5.92 Å². The molecule has 8 nitrogen and oxygen atoms in total. The molecule has 1 amide bonds. The van der Waals surface area contributed by atoms with E-state index in [1.165, 1.54) is 0 Å². The molecule has 2 aliphatic rings. The summed E-state index contributed by atoms with van der Waals surface area (Å²) in [6.45, 7) is 7.11. The predicted molar refractivity (Wildman–Crippen MR) is 144 cm³/mol. The van der Waals surface area contributed by atoms with Crippen molar-refractivity contribution in [1.82, 2.24) is 9.80 Å². The Morgan fingerprint density at radius 1 is 1.03 bits per heavy atom. The monoisotopic (exact) mass is 524 g/mol. The molecule has 2 aromatic rings. The van der Waals surface area contributed by atoms with Gasteiger partial charge in [0.15, 0.2) is 11.5 Å². The highest BCUT2D eigenvalue weighted by molar-refractivity contribution is 5.79. The summed E-state index contributed by atoms with van der Waals surface area (Å²) in [7, 11) is 0. The number of carboxylic acids is 1. The molecule has 0 unspecified atom stereocenters. The van der Waals surface area contributed by atoms with Gasteiger partial charge in [-0.25, -0.2) is 0 Å². The molecule has 8 heteroatoms. The summed E-state index contributed by atoms with van der Waals surface area (Å²) < 4.78 is 17.1. The first kappa shape index (κ1) is 27.9. The maximum atomic E-state index is 13.5. The zero-order valence-corrected chi connectivity index (χ0v) is 22.5. The van der Waals surface area contributed by atoms with Gasteiger partial charge in [0.25, 0.3) is 0 Å². The van der Waals surface area contributed by atoms with E-state index < -0.39 is 17.9 Å². The largest absolute Gasteiger partial charge is 0.481 e. The van der Waals surface area contributed by atoms with Crippen molar-refractivity contribution in [3.8, 4) is 11.5 Å². The van der Waals surface area contributed by atoms with Crippen molar-refractivity contribution < 1.29 is 28.9 Å². The van der Waals surface area contributed by atoms with Crippen LogP contribution in [0.4, 0.5) is 0 Å². The number of likely N-dealkylation sites (tertiary alicyclic amines) is 1. The van der Waals surface area contributed by atoms with Gasteiger partial charge >= 0.3 is 5.97 Å². The molecule has 0 aromatic heterocycles. The highest BCUT2D eigenvalue weighted by Gasteiger charge is 2.47. The highest BCUT2D eigenvalue weighted by Crippen LogP contribution is 2.42. The number of carboxylic acid groups (broad SMARTS) is 1. The second kappa shape index (κ2) is 13.6. The van der Waals surface area contributed by atoms with E-state index in [0.29, 0.717) is 24.7 Å². The molecule has 0 aliphatic carbocycles. The van der Waals surface area contributed by atoms with Crippen molar-refractivity contribution in [3.63, 3.8) is 0 Å². The van der Waals surface area contributed by atoms with Gasteiger partial charge in [-0.05, 0) is 36.1 Å². The van der Waals surface area contributed by atoms with E-state index in [2.05, 4.69) is 13.8 Å². The fourth-order valence-corrected chi connectivity index (χ4v) is 5.39. The standard InChI is InChI=1S/C30H40N2O6/c1-3-5-14-31(15-6-4-2)28(33)18-32-17-24(23-12-13-26-27(16-23)38-21-37-26)29(30(34)35)25(32)20-36-19-22-10-8-7-9-11-22/h7-13,16,24-25,29H,3-6,14-15,17-21H2,1-2H3,(H,34,35)/t24-,25-,29+/m1/s1. The number of amides is 1. The molecule has 1 saturated heterocycles. The number of benzene rings is 2. The first-order valence-electron chi connectivity index (χ1n) is 13.8. The van der Waals surface area contributed by atoms with Crippen LogP contribution in [-0.4, -0.2) is 72.4 Å². The van der Waals surface area contributed by atoms with E-state index in [0.717, 1.165) is 49.9 Å². The Kier molecular flexibility index (Phi) is 10.0. The summed E-state index contributed by atoms with van der Waals surface area (Å²) >= 11 is 0. The van der Waals surface area contributed by atoms with Gasteiger partial charge in [0.2, 0.25) is 12.7 Å². The van der Waals surface area contributed by atoms with Gasteiger partial charge in [-0.15, -0.1) is 0 Å². The van der Waals surface area contributed by atoms with Crippen molar-refractivity contribution in [2.45, 2.75) is 58.1 Å². The van der Waals surface area contributed by atoms with Crippen LogP contribution in [0.15, 0.2) is 48.5 Å². The number of hydrogen-bond donors (Lipinski definition) is 1.